The smallest absolute Gasteiger partial charge is 0.258 e. The Morgan fingerprint density at radius 2 is 1.89 bits per heavy atom. The Morgan fingerprint density at radius 3 is 2.37 bits per heavy atom. The highest BCUT2D eigenvalue weighted by molar-refractivity contribution is 9.09. The first-order chi connectivity index (χ1) is 8.90. The zero-order chi connectivity index (χ0) is 14.0. The van der Waals surface area contributed by atoms with Gasteiger partial charge in [0.2, 0.25) is 10.0 Å². The highest BCUT2D eigenvalue weighted by Gasteiger charge is 2.29. The van der Waals surface area contributed by atoms with Crippen molar-refractivity contribution in [3.8, 4) is 0 Å². The molecule has 1 aromatic rings. The summed E-state index contributed by atoms with van der Waals surface area (Å²) >= 11 is 3.44. The fourth-order valence-corrected chi connectivity index (χ4v) is 4.27. The summed E-state index contributed by atoms with van der Waals surface area (Å²) in [6, 6.07) is 4.75. The van der Waals surface area contributed by atoms with Crippen LogP contribution >= 0.6 is 15.9 Å². The second-order valence-corrected chi connectivity index (χ2v) is 7.32. The van der Waals surface area contributed by atoms with Gasteiger partial charge in [0.05, 0.1) is 9.82 Å². The van der Waals surface area contributed by atoms with Crippen molar-refractivity contribution in [1.29, 1.82) is 0 Å². The number of nitro benzene ring substituents is 1. The van der Waals surface area contributed by atoms with Gasteiger partial charge in [-0.05, 0) is 25.0 Å². The highest BCUT2D eigenvalue weighted by atomic mass is 79.9. The number of rotatable bonds is 4. The Labute approximate surface area is 119 Å². The van der Waals surface area contributed by atoms with Crippen molar-refractivity contribution < 1.29 is 13.3 Å². The van der Waals surface area contributed by atoms with E-state index < -0.39 is 14.9 Å². The van der Waals surface area contributed by atoms with Gasteiger partial charge < -0.3 is 0 Å². The van der Waals surface area contributed by atoms with E-state index >= 15 is 0 Å². The summed E-state index contributed by atoms with van der Waals surface area (Å²) in [5, 5.41) is 10.5. The largest absolute Gasteiger partial charge is 0.269 e. The molecule has 1 N–H and O–H groups in total. The number of hydrogen-bond donors (Lipinski definition) is 1. The first-order valence-electron chi connectivity index (χ1n) is 5.81. The molecule has 0 saturated heterocycles. The maximum Gasteiger partial charge on any atom is 0.269 e. The fourth-order valence-electron chi connectivity index (χ4n) is 2.06. The normalized spacial score (nSPS) is 23.4. The van der Waals surface area contributed by atoms with Gasteiger partial charge in [-0.2, -0.15) is 0 Å². The van der Waals surface area contributed by atoms with Gasteiger partial charge in [0, 0.05) is 23.0 Å². The van der Waals surface area contributed by atoms with E-state index in [0.717, 1.165) is 19.3 Å². The van der Waals surface area contributed by atoms with Gasteiger partial charge in [0.25, 0.3) is 5.69 Å². The van der Waals surface area contributed by atoms with Crippen LogP contribution in [0.5, 0.6) is 0 Å². The van der Waals surface area contributed by atoms with Gasteiger partial charge in [0.15, 0.2) is 0 Å². The number of sulfonamides is 1. The quantitative estimate of drug-likeness (QED) is 0.513. The highest BCUT2D eigenvalue weighted by Crippen LogP contribution is 2.27. The molecule has 1 aliphatic rings. The van der Waals surface area contributed by atoms with Crippen LogP contribution in [0.2, 0.25) is 0 Å². The lowest BCUT2D eigenvalue weighted by molar-refractivity contribution is -0.384. The molecule has 0 amide bonds. The monoisotopic (exact) mass is 348 g/mol. The van der Waals surface area contributed by atoms with Crippen LogP contribution in [0.3, 0.4) is 0 Å². The maximum absolute atomic E-state index is 12.1. The summed E-state index contributed by atoms with van der Waals surface area (Å²) in [6.45, 7) is 0. The molecule has 8 heteroatoms. The Balaban J connectivity index is 2.17. The van der Waals surface area contributed by atoms with Crippen molar-refractivity contribution in [2.75, 3.05) is 0 Å². The van der Waals surface area contributed by atoms with Gasteiger partial charge in [-0.1, -0.05) is 22.4 Å². The van der Waals surface area contributed by atoms with E-state index in [1.54, 1.807) is 0 Å². The van der Waals surface area contributed by atoms with Crippen molar-refractivity contribution in [3.05, 3.63) is 34.4 Å². The Morgan fingerprint density at radius 1 is 1.26 bits per heavy atom. The summed E-state index contributed by atoms with van der Waals surface area (Å²) in [7, 11) is -3.62. The third-order valence-corrected chi connectivity index (χ3v) is 5.70. The molecule has 2 rings (SSSR count). The fraction of sp³-hybridized carbons (Fsp3) is 0.455. The van der Waals surface area contributed by atoms with Crippen LogP contribution in [0.15, 0.2) is 29.2 Å². The molecule has 2 atom stereocenters. The van der Waals surface area contributed by atoms with E-state index in [1.807, 2.05) is 0 Å². The van der Waals surface area contributed by atoms with E-state index in [4.69, 9.17) is 0 Å². The molecule has 6 nitrogen and oxygen atoms in total. The third-order valence-electron chi connectivity index (χ3n) is 3.10. The molecule has 2 unspecified atom stereocenters. The van der Waals surface area contributed by atoms with Crippen molar-refractivity contribution >= 4 is 31.6 Å². The second kappa shape index (κ2) is 5.56. The van der Waals surface area contributed by atoms with Gasteiger partial charge in [0.1, 0.15) is 0 Å². The minimum Gasteiger partial charge on any atom is -0.258 e. The van der Waals surface area contributed by atoms with Gasteiger partial charge in [-0.3, -0.25) is 10.1 Å². The number of benzene rings is 1. The van der Waals surface area contributed by atoms with Crippen LogP contribution in [0, 0.1) is 10.1 Å². The number of nitrogens with zero attached hydrogens (tertiary/aromatic N) is 1. The summed E-state index contributed by atoms with van der Waals surface area (Å²) in [5.74, 6) is 0. The van der Waals surface area contributed by atoms with Gasteiger partial charge in [-0.25, -0.2) is 13.1 Å². The summed E-state index contributed by atoms with van der Waals surface area (Å²) in [6.07, 6.45) is 2.71. The molecule has 0 heterocycles. The Hall–Kier alpha value is -0.990. The molecular formula is C11H13BrN2O4S. The van der Waals surface area contributed by atoms with Gasteiger partial charge >= 0.3 is 0 Å². The number of non-ortho nitro benzene ring substituents is 1. The maximum atomic E-state index is 12.1. The molecule has 104 valence electrons. The molecule has 19 heavy (non-hydrogen) atoms. The second-order valence-electron chi connectivity index (χ2n) is 4.43. The number of nitro groups is 1. The first kappa shape index (κ1) is 14.4. The zero-order valence-corrected chi connectivity index (χ0v) is 12.4. The van der Waals surface area contributed by atoms with Gasteiger partial charge in [-0.15, -0.1) is 0 Å². The minimum absolute atomic E-state index is 0.0460. The van der Waals surface area contributed by atoms with Crippen molar-refractivity contribution in [2.45, 2.75) is 35.0 Å². The SMILES string of the molecule is O=[N+]([O-])c1ccc(S(=O)(=O)NC2CCCC2Br)cc1. The molecule has 1 aromatic carbocycles. The molecule has 0 spiro atoms. The van der Waals surface area contributed by atoms with Crippen LogP contribution in [0.4, 0.5) is 5.69 Å². The van der Waals surface area contributed by atoms with E-state index in [0.29, 0.717) is 0 Å². The van der Waals surface area contributed by atoms with Crippen LogP contribution in [0.25, 0.3) is 0 Å². The van der Waals surface area contributed by atoms with Crippen molar-refractivity contribution in [3.63, 3.8) is 0 Å². The molecule has 0 radical (unpaired) electrons. The average Bonchev–Trinajstić information content (AvgIpc) is 2.74. The summed E-state index contributed by atoms with van der Waals surface area (Å²) in [5.41, 5.74) is -0.127. The number of alkyl halides is 1. The Kier molecular flexibility index (Phi) is 4.22. The minimum atomic E-state index is -3.62. The molecule has 0 bridgehead atoms. The molecule has 1 aliphatic carbocycles. The van der Waals surface area contributed by atoms with E-state index in [9.17, 15) is 18.5 Å². The molecular weight excluding hydrogens is 336 g/mol. The first-order valence-corrected chi connectivity index (χ1v) is 8.21. The number of halogens is 1. The van der Waals surface area contributed by atoms with Crippen LogP contribution < -0.4 is 4.72 Å². The summed E-state index contributed by atoms with van der Waals surface area (Å²) in [4.78, 5) is 10.1. The lowest BCUT2D eigenvalue weighted by Crippen LogP contribution is -2.37. The zero-order valence-electron chi connectivity index (χ0n) is 9.95. The molecule has 0 aliphatic heterocycles. The van der Waals surface area contributed by atoms with E-state index in [2.05, 4.69) is 20.7 Å². The number of nitrogens with one attached hydrogen (secondary N) is 1. The molecule has 1 saturated carbocycles. The van der Waals surface area contributed by atoms with Crippen LogP contribution in [0.1, 0.15) is 19.3 Å². The lowest BCUT2D eigenvalue weighted by Gasteiger charge is -2.16. The third kappa shape index (κ3) is 3.31. The molecule has 1 fully saturated rings. The van der Waals surface area contributed by atoms with E-state index in [1.165, 1.54) is 24.3 Å². The summed E-state index contributed by atoms with van der Waals surface area (Å²) < 4.78 is 26.9. The predicted molar refractivity (Wildman–Crippen MR) is 73.8 cm³/mol. The van der Waals surface area contributed by atoms with Crippen LogP contribution in [-0.2, 0) is 10.0 Å². The lowest BCUT2D eigenvalue weighted by atomic mass is 10.3. The van der Waals surface area contributed by atoms with Crippen LogP contribution in [-0.4, -0.2) is 24.2 Å². The number of hydrogen-bond acceptors (Lipinski definition) is 4. The average molecular weight is 349 g/mol. The predicted octanol–water partition coefficient (Wildman–Crippen LogP) is 2.19. The van der Waals surface area contributed by atoms with Crippen molar-refractivity contribution in [2.24, 2.45) is 0 Å². The Bertz CT molecular complexity index is 573. The topological polar surface area (TPSA) is 89.3 Å². The molecule has 0 aromatic heterocycles. The standard InChI is InChI=1S/C11H13BrN2O4S/c12-10-2-1-3-11(10)13-19(17,18)9-6-4-8(5-7-9)14(15)16/h4-7,10-11,13H,1-3H2. The van der Waals surface area contributed by atoms with Crippen molar-refractivity contribution in [1.82, 2.24) is 4.72 Å². The van der Waals surface area contributed by atoms with E-state index in [-0.39, 0.29) is 21.5 Å².